The van der Waals surface area contributed by atoms with E-state index in [0.29, 0.717) is 13.2 Å². The molecule has 2 aromatic rings. The van der Waals surface area contributed by atoms with E-state index in [1.165, 1.54) is 0 Å². The predicted octanol–water partition coefficient (Wildman–Crippen LogP) is 3.34. The Bertz CT molecular complexity index is 694. The molecule has 4 rings (SSSR count). The van der Waals surface area contributed by atoms with Gasteiger partial charge in [0, 0.05) is 5.56 Å². The second-order valence-electron chi connectivity index (χ2n) is 6.61. The van der Waals surface area contributed by atoms with Crippen LogP contribution in [0.4, 0.5) is 0 Å². The summed E-state index contributed by atoms with van der Waals surface area (Å²) in [6.45, 7) is 2.43. The van der Waals surface area contributed by atoms with Crippen LogP contribution in [0.1, 0.15) is 24.3 Å². The number of fused-ring (bicyclic) bond motifs is 1. The largest absolute Gasteiger partial charge is 0.374 e. The summed E-state index contributed by atoms with van der Waals surface area (Å²) in [7, 11) is 0. The summed E-state index contributed by atoms with van der Waals surface area (Å²) in [4.78, 5) is 0. The molecule has 2 aliphatic heterocycles. The Morgan fingerprint density at radius 3 is 2.30 bits per heavy atom. The van der Waals surface area contributed by atoms with E-state index in [2.05, 4.69) is 12.6 Å². The lowest BCUT2D eigenvalue weighted by molar-refractivity contribution is -0.251. The lowest BCUT2D eigenvalue weighted by Crippen LogP contribution is -2.38. The van der Waals surface area contributed by atoms with Crippen molar-refractivity contribution in [3.63, 3.8) is 0 Å². The maximum atomic E-state index is 10.5. The average molecular weight is 391 g/mol. The van der Waals surface area contributed by atoms with E-state index in [-0.39, 0.29) is 12.2 Å². The van der Waals surface area contributed by atoms with Gasteiger partial charge in [0.1, 0.15) is 18.3 Å². The van der Waals surface area contributed by atoms with Gasteiger partial charge in [0.25, 0.3) is 0 Å². The first-order chi connectivity index (χ1) is 13.1. The van der Waals surface area contributed by atoms with E-state index in [1.54, 1.807) is 13.2 Å². The highest BCUT2D eigenvalue weighted by Gasteiger charge is 2.58. The van der Waals surface area contributed by atoms with Crippen molar-refractivity contribution in [3.05, 3.63) is 71.8 Å². The van der Waals surface area contributed by atoms with E-state index < -0.39 is 18.2 Å². The molecule has 2 saturated heterocycles. The number of hydrogen-bond donors (Lipinski definition) is 2. The van der Waals surface area contributed by atoms with Gasteiger partial charge in [0.2, 0.25) is 0 Å². The van der Waals surface area contributed by atoms with Gasteiger partial charge >= 0.3 is 0 Å². The molecule has 5 nitrogen and oxygen atoms in total. The van der Waals surface area contributed by atoms with Crippen LogP contribution in [0, 0.1) is 0 Å². The molecule has 2 fully saturated rings. The summed E-state index contributed by atoms with van der Waals surface area (Å²) in [6.07, 6.45) is -0.0837. The van der Waals surface area contributed by atoms with Crippen LogP contribution >= 0.6 is 12.6 Å². The molecule has 0 bridgehead atoms. The highest BCUT2D eigenvalue weighted by molar-refractivity contribution is 7.79. The van der Waals surface area contributed by atoms with Crippen molar-refractivity contribution < 1.29 is 24.1 Å². The zero-order chi connectivity index (χ0) is 19.3. The summed E-state index contributed by atoms with van der Waals surface area (Å²) in [5, 5.41) is 10.5. The zero-order valence-electron chi connectivity index (χ0n) is 15.5. The summed E-state index contributed by atoms with van der Waals surface area (Å²) < 4.78 is 23.5. The first-order valence-corrected chi connectivity index (χ1v) is 9.85. The molecule has 1 N–H and O–H groups in total. The number of thiol groups is 1. The van der Waals surface area contributed by atoms with Crippen LogP contribution in [-0.2, 0) is 25.6 Å². The Kier molecular flexibility index (Phi) is 6.92. The van der Waals surface area contributed by atoms with Crippen molar-refractivity contribution in [3.8, 4) is 0 Å². The SMILES string of the molecule is CC1(O)OC(COCc2ccccc2)[C@H]2OC(c3ccccc3)O[C@H]21.CS. The lowest BCUT2D eigenvalue weighted by atomic mass is 10.1. The summed E-state index contributed by atoms with van der Waals surface area (Å²) in [5.74, 6) is -1.39. The monoisotopic (exact) mass is 390 g/mol. The van der Waals surface area contributed by atoms with Crippen LogP contribution in [-0.4, -0.2) is 42.1 Å². The van der Waals surface area contributed by atoms with Crippen LogP contribution in [0.25, 0.3) is 0 Å². The Morgan fingerprint density at radius 1 is 1.00 bits per heavy atom. The molecular formula is C21H26O5S. The maximum Gasteiger partial charge on any atom is 0.192 e. The number of ether oxygens (including phenoxy) is 4. The molecule has 2 aliphatic rings. The van der Waals surface area contributed by atoms with E-state index in [1.807, 2.05) is 60.7 Å². The van der Waals surface area contributed by atoms with E-state index in [4.69, 9.17) is 18.9 Å². The van der Waals surface area contributed by atoms with Crippen molar-refractivity contribution >= 4 is 12.6 Å². The molecule has 2 aromatic carbocycles. The van der Waals surface area contributed by atoms with Gasteiger partial charge in [-0.1, -0.05) is 60.7 Å². The fourth-order valence-electron chi connectivity index (χ4n) is 3.37. The maximum absolute atomic E-state index is 10.5. The van der Waals surface area contributed by atoms with Crippen molar-refractivity contribution in [1.29, 1.82) is 0 Å². The van der Waals surface area contributed by atoms with Crippen molar-refractivity contribution in [1.82, 2.24) is 0 Å². The fourth-order valence-corrected chi connectivity index (χ4v) is 3.37. The van der Waals surface area contributed by atoms with E-state index in [0.717, 1.165) is 11.1 Å². The molecule has 5 atom stereocenters. The highest BCUT2D eigenvalue weighted by Crippen LogP contribution is 2.43. The molecule has 2 heterocycles. The molecule has 0 amide bonds. The predicted molar refractivity (Wildman–Crippen MR) is 105 cm³/mol. The molecular weight excluding hydrogens is 364 g/mol. The molecule has 0 aromatic heterocycles. The standard InChI is InChI=1S/C20H22O5.CH4S/c1-20(21)18-17(23-19(24-18)15-10-6-3-7-11-15)16(25-20)13-22-12-14-8-4-2-5-9-14;1-2/h2-11,16-19,21H,12-13H2,1H3;2H,1H3/t16?,17-,18-,19?,20?;/m1./s1. The Labute approximate surface area is 165 Å². The van der Waals surface area contributed by atoms with Gasteiger partial charge in [-0.05, 0) is 18.7 Å². The second kappa shape index (κ2) is 9.19. The van der Waals surface area contributed by atoms with Crippen LogP contribution in [0.3, 0.4) is 0 Å². The Hall–Kier alpha value is -1.41. The zero-order valence-corrected chi connectivity index (χ0v) is 16.4. The van der Waals surface area contributed by atoms with Gasteiger partial charge in [0.15, 0.2) is 12.1 Å². The lowest BCUT2D eigenvalue weighted by Gasteiger charge is -2.24. The number of aliphatic hydroxyl groups is 1. The van der Waals surface area contributed by atoms with Gasteiger partial charge in [-0.2, -0.15) is 12.6 Å². The summed E-state index contributed by atoms with van der Waals surface area (Å²) in [6, 6.07) is 19.6. The van der Waals surface area contributed by atoms with Crippen molar-refractivity contribution in [2.75, 3.05) is 12.9 Å². The molecule has 27 heavy (non-hydrogen) atoms. The van der Waals surface area contributed by atoms with Crippen molar-refractivity contribution in [2.45, 2.75) is 43.9 Å². The molecule has 3 unspecified atom stereocenters. The van der Waals surface area contributed by atoms with Crippen LogP contribution in [0.2, 0.25) is 0 Å². The minimum atomic E-state index is -1.39. The summed E-state index contributed by atoms with van der Waals surface area (Å²) >= 11 is 3.53. The summed E-state index contributed by atoms with van der Waals surface area (Å²) in [5.41, 5.74) is 2.02. The first kappa shape index (κ1) is 20.3. The van der Waals surface area contributed by atoms with Gasteiger partial charge in [-0.25, -0.2) is 0 Å². The van der Waals surface area contributed by atoms with Crippen LogP contribution in [0.15, 0.2) is 60.7 Å². The molecule has 0 saturated carbocycles. The first-order valence-electron chi connectivity index (χ1n) is 8.96. The Morgan fingerprint density at radius 2 is 1.63 bits per heavy atom. The van der Waals surface area contributed by atoms with E-state index in [9.17, 15) is 5.11 Å². The van der Waals surface area contributed by atoms with Crippen LogP contribution in [0.5, 0.6) is 0 Å². The third-order valence-corrected chi connectivity index (χ3v) is 4.60. The number of benzene rings is 2. The van der Waals surface area contributed by atoms with Crippen molar-refractivity contribution in [2.24, 2.45) is 0 Å². The fraction of sp³-hybridized carbons (Fsp3) is 0.429. The van der Waals surface area contributed by atoms with Gasteiger partial charge in [-0.3, -0.25) is 0 Å². The number of hydrogen-bond acceptors (Lipinski definition) is 6. The second-order valence-corrected chi connectivity index (χ2v) is 6.61. The highest BCUT2D eigenvalue weighted by atomic mass is 32.1. The quantitative estimate of drug-likeness (QED) is 0.767. The van der Waals surface area contributed by atoms with Gasteiger partial charge in [-0.15, -0.1) is 0 Å². The normalized spacial score (nSPS) is 31.9. The molecule has 146 valence electrons. The van der Waals surface area contributed by atoms with E-state index >= 15 is 0 Å². The minimum Gasteiger partial charge on any atom is -0.374 e. The van der Waals surface area contributed by atoms with Gasteiger partial charge in [0.05, 0.1) is 13.2 Å². The molecule has 0 spiro atoms. The number of rotatable bonds is 5. The molecule has 0 radical (unpaired) electrons. The van der Waals surface area contributed by atoms with Gasteiger partial charge < -0.3 is 24.1 Å². The third-order valence-electron chi connectivity index (χ3n) is 4.60. The molecule has 0 aliphatic carbocycles. The third kappa shape index (κ3) is 4.71. The molecule has 6 heteroatoms. The van der Waals surface area contributed by atoms with Crippen LogP contribution < -0.4 is 0 Å². The Balaban J connectivity index is 0.00000102. The smallest absolute Gasteiger partial charge is 0.192 e. The minimum absolute atomic E-state index is 0.330. The average Bonchev–Trinajstić information content (AvgIpc) is 3.25. The topological polar surface area (TPSA) is 57.2 Å².